The lowest BCUT2D eigenvalue weighted by molar-refractivity contribution is -0.139. The van der Waals surface area contributed by atoms with E-state index >= 15 is 0 Å². The van der Waals surface area contributed by atoms with Crippen LogP contribution in [0.1, 0.15) is 35.3 Å². The Morgan fingerprint density at radius 2 is 1.86 bits per heavy atom. The van der Waals surface area contributed by atoms with Crippen LogP contribution < -0.4 is 26.0 Å². The first-order chi connectivity index (χ1) is 17.3. The predicted molar refractivity (Wildman–Crippen MR) is 130 cm³/mol. The molecule has 1 amide bonds. The van der Waals surface area contributed by atoms with Gasteiger partial charge in [-0.2, -0.15) is 13.2 Å². The Morgan fingerprint density at radius 1 is 1.11 bits per heavy atom. The lowest BCUT2D eigenvalue weighted by atomic mass is 9.97. The van der Waals surface area contributed by atoms with Gasteiger partial charge in [-0.1, -0.05) is 17.7 Å². The van der Waals surface area contributed by atoms with E-state index in [1.807, 2.05) is 13.8 Å². The molecule has 2 aliphatic rings. The van der Waals surface area contributed by atoms with E-state index in [9.17, 15) is 26.7 Å². The Morgan fingerprint density at radius 3 is 2.57 bits per heavy atom. The highest BCUT2D eigenvalue weighted by Crippen LogP contribution is 2.48. The van der Waals surface area contributed by atoms with Gasteiger partial charge in [0.1, 0.15) is 23.0 Å². The predicted octanol–water partition coefficient (Wildman–Crippen LogP) is 6.84. The van der Waals surface area contributed by atoms with Crippen molar-refractivity contribution >= 4 is 40.3 Å². The minimum Gasteiger partial charge on any atom is -0.486 e. The largest absolute Gasteiger partial charge is 0.486 e. The molecule has 0 saturated heterocycles. The van der Waals surface area contributed by atoms with Crippen molar-refractivity contribution in [3.63, 3.8) is 0 Å². The monoisotopic (exact) mass is 538 g/mol. The summed E-state index contributed by atoms with van der Waals surface area (Å²) < 4.78 is 73.4. The Bertz CT molecular complexity index is 1410. The Hall–Kier alpha value is -3.73. The second kappa shape index (κ2) is 8.69. The van der Waals surface area contributed by atoms with Crippen LogP contribution in [0, 0.1) is 11.6 Å². The summed E-state index contributed by atoms with van der Waals surface area (Å²) in [6.07, 6.45) is -5.20. The molecule has 4 N–H and O–H groups in total. The van der Waals surface area contributed by atoms with E-state index in [-0.39, 0.29) is 27.7 Å². The van der Waals surface area contributed by atoms with Gasteiger partial charge in [-0.25, -0.2) is 8.78 Å². The minimum absolute atomic E-state index is 0.0658. The topological polar surface area (TPSA) is 74.4 Å². The number of carbonyl (C=O) groups is 1. The fourth-order valence-corrected chi connectivity index (χ4v) is 4.62. The van der Waals surface area contributed by atoms with E-state index < -0.39 is 41.2 Å². The zero-order valence-electron chi connectivity index (χ0n) is 19.4. The summed E-state index contributed by atoms with van der Waals surface area (Å²) in [7, 11) is 0. The minimum atomic E-state index is -4.93. The number of halogens is 6. The molecule has 5 rings (SSSR count). The number of fused-ring (bicyclic) bond motifs is 3. The molecule has 37 heavy (non-hydrogen) atoms. The fraction of sp³-hybridized carbons (Fsp3) is 0.240. The van der Waals surface area contributed by atoms with Gasteiger partial charge in [-0.3, -0.25) is 4.79 Å². The molecule has 12 heteroatoms. The number of hydrogen-bond donors (Lipinski definition) is 4. The van der Waals surface area contributed by atoms with Gasteiger partial charge in [0.15, 0.2) is 6.29 Å². The molecular weight excluding hydrogens is 519 g/mol. The van der Waals surface area contributed by atoms with E-state index in [1.165, 1.54) is 24.3 Å². The van der Waals surface area contributed by atoms with Crippen LogP contribution in [0.4, 0.5) is 44.7 Å². The smallest absolute Gasteiger partial charge is 0.419 e. The lowest BCUT2D eigenvalue weighted by Gasteiger charge is -2.18. The third kappa shape index (κ3) is 4.71. The number of benzene rings is 3. The van der Waals surface area contributed by atoms with Crippen molar-refractivity contribution in [1.29, 1.82) is 0 Å². The number of alkyl halides is 3. The number of rotatable bonds is 4. The van der Waals surface area contributed by atoms with E-state index in [2.05, 4.69) is 21.3 Å². The average Bonchev–Trinajstić information content (AvgIpc) is 3.35. The number of carbonyl (C=O) groups excluding carboxylic acids is 1. The van der Waals surface area contributed by atoms with Crippen molar-refractivity contribution in [2.45, 2.75) is 38.3 Å². The molecule has 2 heterocycles. The first-order valence-corrected chi connectivity index (χ1v) is 11.5. The number of para-hydroxylation sites is 1. The first kappa shape index (κ1) is 24.9. The Kier molecular flexibility index (Phi) is 5.86. The molecule has 0 spiro atoms. The Labute approximate surface area is 213 Å². The van der Waals surface area contributed by atoms with Crippen molar-refractivity contribution in [2.24, 2.45) is 0 Å². The second-order valence-corrected chi connectivity index (χ2v) is 9.71. The molecule has 0 radical (unpaired) electrons. The average molecular weight is 539 g/mol. The lowest BCUT2D eigenvalue weighted by Crippen LogP contribution is -2.32. The van der Waals surface area contributed by atoms with Crippen molar-refractivity contribution in [3.05, 3.63) is 75.8 Å². The quantitative estimate of drug-likeness (QED) is 0.274. The molecule has 194 valence electrons. The van der Waals surface area contributed by atoms with Crippen molar-refractivity contribution < 1.29 is 31.5 Å². The number of hydrogen-bond acceptors (Lipinski definition) is 5. The van der Waals surface area contributed by atoms with Gasteiger partial charge in [0.25, 0.3) is 5.91 Å². The van der Waals surface area contributed by atoms with Crippen molar-refractivity contribution in [3.8, 4) is 5.75 Å². The van der Waals surface area contributed by atoms with Gasteiger partial charge in [0.2, 0.25) is 0 Å². The van der Waals surface area contributed by atoms with Crippen LogP contribution in [0.2, 0.25) is 5.02 Å². The first-order valence-electron chi connectivity index (χ1n) is 11.1. The number of ether oxygens (including phenoxy) is 1. The maximum absolute atomic E-state index is 14.3. The SMILES string of the molecule is CC1(C)Cc2c3c(cc(C(=O)Nc4ccc(F)c(C(F)(F)F)c4)c2O1)NC(Nc1c(F)cccc1Cl)N3. The Balaban J connectivity index is 1.47. The van der Waals surface area contributed by atoms with Crippen LogP contribution in [-0.2, 0) is 12.6 Å². The van der Waals surface area contributed by atoms with Crippen LogP contribution in [0.15, 0.2) is 42.5 Å². The summed E-state index contributed by atoms with van der Waals surface area (Å²) in [5.41, 5.74) is -0.472. The maximum Gasteiger partial charge on any atom is 0.419 e. The molecule has 2 aliphatic heterocycles. The molecule has 0 bridgehead atoms. The molecule has 0 aromatic heterocycles. The van der Waals surface area contributed by atoms with E-state index in [1.54, 1.807) is 0 Å². The van der Waals surface area contributed by atoms with Crippen LogP contribution in [0.5, 0.6) is 5.75 Å². The van der Waals surface area contributed by atoms with Crippen LogP contribution in [-0.4, -0.2) is 17.8 Å². The normalized spacial score (nSPS) is 17.2. The van der Waals surface area contributed by atoms with Gasteiger partial charge >= 0.3 is 6.18 Å². The molecule has 6 nitrogen and oxygen atoms in total. The number of nitrogens with one attached hydrogen (secondary N) is 4. The highest BCUT2D eigenvalue weighted by Gasteiger charge is 2.39. The molecule has 3 aromatic rings. The van der Waals surface area contributed by atoms with E-state index in [0.29, 0.717) is 35.5 Å². The van der Waals surface area contributed by atoms with Crippen molar-refractivity contribution in [1.82, 2.24) is 0 Å². The second-order valence-electron chi connectivity index (χ2n) is 9.30. The summed E-state index contributed by atoms with van der Waals surface area (Å²) in [6.45, 7) is 3.65. The summed E-state index contributed by atoms with van der Waals surface area (Å²) in [5, 5.41) is 11.8. The van der Waals surface area contributed by atoms with Crippen LogP contribution >= 0.6 is 11.6 Å². The molecule has 1 unspecified atom stereocenters. The van der Waals surface area contributed by atoms with Gasteiger partial charge in [-0.05, 0) is 50.2 Å². The molecule has 1 atom stereocenters. The summed E-state index contributed by atoms with van der Waals surface area (Å²) >= 11 is 6.12. The number of anilines is 4. The van der Waals surface area contributed by atoms with Crippen molar-refractivity contribution in [2.75, 3.05) is 21.3 Å². The van der Waals surface area contributed by atoms with Crippen LogP contribution in [0.3, 0.4) is 0 Å². The molecular formula is C25H20ClF5N4O2. The van der Waals surface area contributed by atoms with Gasteiger partial charge in [0.05, 0.1) is 33.2 Å². The van der Waals surface area contributed by atoms with E-state index in [0.717, 1.165) is 6.07 Å². The summed E-state index contributed by atoms with van der Waals surface area (Å²) in [6, 6.07) is 7.96. The third-order valence-corrected chi connectivity index (χ3v) is 6.29. The van der Waals surface area contributed by atoms with Gasteiger partial charge in [0, 0.05) is 17.7 Å². The van der Waals surface area contributed by atoms with Gasteiger partial charge in [-0.15, -0.1) is 0 Å². The summed E-state index contributed by atoms with van der Waals surface area (Å²) in [5.74, 6) is -2.48. The fourth-order valence-electron chi connectivity index (χ4n) is 4.40. The van der Waals surface area contributed by atoms with E-state index in [4.69, 9.17) is 16.3 Å². The van der Waals surface area contributed by atoms with Gasteiger partial charge < -0.3 is 26.0 Å². The van der Waals surface area contributed by atoms with Crippen LogP contribution in [0.25, 0.3) is 0 Å². The zero-order valence-corrected chi connectivity index (χ0v) is 20.2. The molecule has 0 aliphatic carbocycles. The highest BCUT2D eigenvalue weighted by molar-refractivity contribution is 6.33. The zero-order chi connectivity index (χ0) is 26.7. The molecule has 3 aromatic carbocycles. The third-order valence-electron chi connectivity index (χ3n) is 5.97. The highest BCUT2D eigenvalue weighted by atomic mass is 35.5. The standard InChI is InChI=1S/C25H20ClF5N4O2/c1-24(2)10-13-19-18(33-23(34-19)35-20-15(26)4-3-5-17(20)28)9-12(21(13)37-24)22(36)32-11-6-7-16(27)14(8-11)25(29,30)31/h3-9,23,33-35H,10H2,1-2H3,(H,32,36). The molecule has 0 fully saturated rings. The summed E-state index contributed by atoms with van der Waals surface area (Å²) in [4.78, 5) is 13.2. The molecule has 0 saturated carbocycles. The maximum atomic E-state index is 14.3. The number of amides is 1.